The van der Waals surface area contributed by atoms with Gasteiger partial charge in [-0.2, -0.15) is 0 Å². The van der Waals surface area contributed by atoms with Gasteiger partial charge in [0.2, 0.25) is 76.9 Å². The van der Waals surface area contributed by atoms with E-state index in [9.17, 15) is 24.0 Å². The molecule has 0 aliphatic heterocycles. The van der Waals surface area contributed by atoms with Crippen molar-refractivity contribution in [2.45, 2.75) is 228 Å². The van der Waals surface area contributed by atoms with Gasteiger partial charge in [-0.1, -0.05) is 142 Å². The molecule has 4 fully saturated rings. The molecule has 4 saturated carbocycles. The fraction of sp³-hybridized carbons (Fsp3) is 0.467. The van der Waals surface area contributed by atoms with Gasteiger partial charge in [0.15, 0.2) is 0 Å². The van der Waals surface area contributed by atoms with Crippen LogP contribution in [0.15, 0.2) is 123 Å². The number of carbonyl (C=O) groups is 5. The fourth-order valence-corrected chi connectivity index (χ4v) is 14.7. The van der Waals surface area contributed by atoms with Crippen LogP contribution < -0.4 is 26.6 Å². The number of nitrogens with one attached hydrogen (secondary N) is 5. The molecule has 5 N–H and O–H groups in total. The Morgan fingerprint density at radius 1 is 0.424 bits per heavy atom. The van der Waals surface area contributed by atoms with Gasteiger partial charge < -0.3 is 22.7 Å². The predicted molar refractivity (Wildman–Crippen MR) is 465 cm³/mol. The normalized spacial score (nSPS) is 16.2. The molecule has 0 radical (unpaired) electrons. The van der Waals surface area contributed by atoms with Gasteiger partial charge in [0, 0.05) is 60.4 Å². The first-order chi connectivity index (χ1) is 55.9. The zero-order valence-corrected chi connectivity index (χ0v) is 72.4. The van der Waals surface area contributed by atoms with Crippen LogP contribution in [0.5, 0.6) is 0 Å². The number of benzene rings is 5. The van der Waals surface area contributed by atoms with E-state index in [2.05, 4.69) is 150 Å². The van der Waals surface area contributed by atoms with E-state index in [1.54, 1.807) is 9.13 Å². The topological polar surface area (TPSA) is 313 Å². The Morgan fingerprint density at radius 3 is 1.03 bits per heavy atom. The lowest BCUT2D eigenvalue weighted by Gasteiger charge is -2.37. The average Bonchev–Trinajstić information content (AvgIpc) is 1.62. The molecule has 8 aromatic heterocycles. The molecule has 118 heavy (non-hydrogen) atoms. The fourth-order valence-electron chi connectivity index (χ4n) is 14.7. The number of hydrogen-bond donors (Lipinski definition) is 5. The highest BCUT2D eigenvalue weighted by atomic mass is 16.5. The number of imidazole rings is 5. The summed E-state index contributed by atoms with van der Waals surface area (Å²) in [6.45, 7) is 42.4. The first-order valence-corrected chi connectivity index (χ1v) is 41.7. The van der Waals surface area contributed by atoms with Crippen LogP contribution in [0.1, 0.15) is 218 Å². The van der Waals surface area contributed by atoms with Gasteiger partial charge in [0.05, 0.1) is 72.2 Å². The Kier molecular flexibility index (Phi) is 24.4. The number of aromatic nitrogens is 13. The van der Waals surface area contributed by atoms with Crippen LogP contribution in [0, 0.1) is 107 Å². The summed E-state index contributed by atoms with van der Waals surface area (Å²) in [5, 5.41) is 26.9. The number of rotatable bonds is 18. The predicted octanol–water partition coefficient (Wildman–Crippen LogP) is 20.6. The van der Waals surface area contributed by atoms with Crippen molar-refractivity contribution in [3.8, 4) is 17.7 Å². The Bertz CT molecular complexity index is 5730. The molecule has 5 aromatic carbocycles. The highest BCUT2D eigenvalue weighted by Gasteiger charge is 2.51. The molecule has 26 heteroatoms. The molecule has 5 amide bonds. The zero-order chi connectivity index (χ0) is 84.7. The van der Waals surface area contributed by atoms with Crippen molar-refractivity contribution in [2.24, 2.45) is 51.8 Å². The van der Waals surface area contributed by atoms with E-state index < -0.39 is 0 Å². The number of amides is 5. The molecule has 17 rings (SSSR count). The molecule has 13 aromatic rings. The van der Waals surface area contributed by atoms with Crippen LogP contribution >= 0.6 is 0 Å². The van der Waals surface area contributed by atoms with Crippen molar-refractivity contribution in [2.75, 3.05) is 26.6 Å². The van der Waals surface area contributed by atoms with Crippen LogP contribution in [0.3, 0.4) is 0 Å². The van der Waals surface area contributed by atoms with E-state index in [-0.39, 0.29) is 75.4 Å². The third-order valence-electron chi connectivity index (χ3n) is 24.2. The highest BCUT2D eigenvalue weighted by Crippen LogP contribution is 2.52. The van der Waals surface area contributed by atoms with E-state index in [4.69, 9.17) is 18.6 Å². The van der Waals surface area contributed by atoms with E-state index in [1.807, 2.05) is 180 Å². The Hall–Kier alpha value is -11.6. The number of anilines is 5. The first-order valence-electron chi connectivity index (χ1n) is 41.7. The van der Waals surface area contributed by atoms with E-state index in [0.29, 0.717) is 65.9 Å². The van der Waals surface area contributed by atoms with Gasteiger partial charge in [-0.15, -0.1) is 0 Å². The van der Waals surface area contributed by atoms with Crippen LogP contribution in [-0.4, -0.2) is 92.8 Å². The van der Waals surface area contributed by atoms with Crippen molar-refractivity contribution in [1.29, 1.82) is 0 Å². The first kappa shape index (κ1) is 84.3. The summed E-state index contributed by atoms with van der Waals surface area (Å²) < 4.78 is 26.2. The van der Waals surface area contributed by atoms with Crippen molar-refractivity contribution >= 4 is 114 Å². The lowest BCUT2D eigenvalue weighted by Crippen LogP contribution is -2.31. The maximum absolute atomic E-state index is 12.7. The minimum absolute atomic E-state index is 0.00418. The number of carbonyl (C=O) groups excluding carboxylic acids is 5. The summed E-state index contributed by atoms with van der Waals surface area (Å²) in [6.07, 6.45) is 12.3. The van der Waals surface area contributed by atoms with E-state index in [1.165, 1.54) is 68.9 Å². The molecule has 4 aliphatic carbocycles. The monoisotopic (exact) mass is 1600 g/mol. The molecule has 8 heterocycles. The molecular formula is C92H116N18O8. The molecule has 0 unspecified atom stereocenters. The molecule has 622 valence electrons. The van der Waals surface area contributed by atoms with Gasteiger partial charge >= 0.3 is 0 Å². The van der Waals surface area contributed by atoms with Gasteiger partial charge in [0.1, 0.15) is 0 Å². The van der Waals surface area contributed by atoms with Crippen LogP contribution in [0.4, 0.5) is 29.7 Å². The second-order valence-electron chi connectivity index (χ2n) is 36.2. The number of fused-ring (bicyclic) bond motifs is 5. The summed E-state index contributed by atoms with van der Waals surface area (Å²) in [5.74, 6) is 4.77. The average molecular weight is 1600 g/mol. The molecule has 26 nitrogen and oxygen atoms in total. The minimum Gasteiger partial charge on any atom is -0.338 e. The summed E-state index contributed by atoms with van der Waals surface area (Å²) in [7, 11) is 0. The lowest BCUT2D eigenvalue weighted by atomic mass is 9.68. The second-order valence-corrected chi connectivity index (χ2v) is 36.2. The largest absolute Gasteiger partial charge is 0.338 e. The van der Waals surface area contributed by atoms with Crippen molar-refractivity contribution in [3.63, 3.8) is 0 Å². The van der Waals surface area contributed by atoms with Crippen molar-refractivity contribution in [1.82, 2.24) is 63.2 Å². The smallest absolute Gasteiger partial charge is 0.238 e. The third-order valence-corrected chi connectivity index (χ3v) is 24.2. The number of nitrogens with zero attached hydrogens (tertiary/aromatic N) is 13. The SMILES string of the molecule is Cc1ccc2nc(NC(=O)CC3(C)CCC3)n(C3CCC3)c2c1.Cc1ccc2nc(NC(=O)[C@@H](C)C(C)(C)C)n(-c3cc(C)no3)c2c1.Cc1ccc2nc(NC(=O)[C@@H](C)C(C)C)n(-c3cc(C)no3)c2c1.Cc1ccc2nc(NC(=O)[C@H](C)C(C)C)n(C3CCC3)c2c1.Cc1ccc2nc(NC(=O)[C@H]3CC3(C)C)n(-c3cc(C)no3)c2c1. The summed E-state index contributed by atoms with van der Waals surface area (Å²) in [4.78, 5) is 85.7. The van der Waals surface area contributed by atoms with Gasteiger partial charge in [0.25, 0.3) is 0 Å². The molecule has 0 spiro atoms. The number of aryl methyl sites for hydroxylation is 8. The van der Waals surface area contributed by atoms with Gasteiger partial charge in [-0.05, 0) is 230 Å². The standard InChI is InChI=1S/C19H24N4O2.C19H25N3O.C18H20N4O2.C18H22N4O2.C18H25N3O/c1-11-7-8-14-15(9-11)23(16-10-12(2)22-25-16)18(20-14)21-17(24)13(3)19(4,5)6;1-13-7-8-15-16(11-13)22(14-5-3-6-14)18(20-15)21-17(23)12-19(2)9-4-10-19;1-10-5-6-13-14(7-10)22(15-8-11(2)21-24-15)17(19-13)20-16(23)12-9-18(12,3)4;1-10(2)13(5)17(23)20-18-19-14-7-6-11(3)8-15(14)22(18)16-9-12(4)21-24-16;1-11(2)13(4)17(22)20-18-19-15-9-8-12(3)10-16(15)21(18)14-6-5-7-14/h7-10,13H,1-6H3,(H,20,21,24);7-8,11,14H,3-6,9-10,12H2,1-2H3,(H,20,21,23);5-8,12H,9H2,1-4H3,(H,19,20,23);6-10,13H,1-5H3,(H,19,20,23);8-11,13-14H,5-7H2,1-4H3,(H,19,20,22)/t13-;;12-;2*13-/m1.101/s1. The molecule has 4 atom stereocenters. The molecule has 0 saturated heterocycles. The summed E-state index contributed by atoms with van der Waals surface area (Å²) in [6, 6.07) is 36.9. The lowest BCUT2D eigenvalue weighted by molar-refractivity contribution is -0.122. The third kappa shape index (κ3) is 18.7. The van der Waals surface area contributed by atoms with Crippen molar-refractivity contribution < 1.29 is 37.5 Å². The molecule has 0 bridgehead atoms. The Balaban J connectivity index is 0.000000128. The molecule has 4 aliphatic rings. The van der Waals surface area contributed by atoms with Crippen LogP contribution in [-0.2, 0) is 24.0 Å². The van der Waals surface area contributed by atoms with Gasteiger partial charge in [-0.25, -0.2) is 38.6 Å². The Labute approximate surface area is 689 Å². The van der Waals surface area contributed by atoms with Crippen LogP contribution in [0.2, 0.25) is 0 Å². The van der Waals surface area contributed by atoms with E-state index >= 15 is 0 Å². The highest BCUT2D eigenvalue weighted by molar-refractivity contribution is 5.98. The maximum atomic E-state index is 12.7. The van der Waals surface area contributed by atoms with Crippen molar-refractivity contribution in [3.05, 3.63) is 154 Å². The van der Waals surface area contributed by atoms with E-state index in [0.717, 1.165) is 101 Å². The number of hydrogen-bond acceptors (Lipinski definition) is 16. The minimum atomic E-state index is -0.168. The van der Waals surface area contributed by atoms with Crippen LogP contribution in [0.25, 0.3) is 72.8 Å². The molecular weight excluding hydrogens is 1490 g/mol. The quantitative estimate of drug-likeness (QED) is 0.0533. The van der Waals surface area contributed by atoms with Gasteiger partial charge in [-0.3, -0.25) is 50.6 Å². The summed E-state index contributed by atoms with van der Waals surface area (Å²) >= 11 is 0. The zero-order valence-electron chi connectivity index (χ0n) is 72.4. The summed E-state index contributed by atoms with van der Waals surface area (Å²) in [5.41, 5.74) is 17.5. The second kappa shape index (κ2) is 34.2. The maximum Gasteiger partial charge on any atom is 0.238 e. The Morgan fingerprint density at radius 2 is 0.737 bits per heavy atom.